The van der Waals surface area contributed by atoms with Crippen molar-refractivity contribution in [2.24, 2.45) is 0 Å². The molecule has 0 fully saturated rings. The highest BCUT2D eigenvalue weighted by Crippen LogP contribution is 2.21. The number of benzene rings is 2. The zero-order chi connectivity index (χ0) is 14.7. The molecule has 0 aliphatic heterocycles. The fourth-order valence-electron chi connectivity index (χ4n) is 1.46. The minimum atomic E-state index is -1.10. The minimum Gasteiger partial charge on any atom is -0.301 e. The molecule has 2 N–H and O–H groups in total. The standard InChI is InChI=1S/C12H8F3N3O2/c13-7-5-10(14)12(11(15)6-7)17-16-8-1-3-9(4-2-8)18(19)20/h1-6,16-17H. The number of halogens is 3. The third-order valence-electron chi connectivity index (χ3n) is 2.42. The van der Waals surface area contributed by atoms with E-state index in [4.69, 9.17) is 0 Å². The van der Waals surface area contributed by atoms with Crippen LogP contribution in [0.5, 0.6) is 0 Å². The normalized spacial score (nSPS) is 10.2. The van der Waals surface area contributed by atoms with E-state index in [2.05, 4.69) is 10.9 Å². The summed E-state index contributed by atoms with van der Waals surface area (Å²) in [6.07, 6.45) is 0. The number of nitrogens with zero attached hydrogens (tertiary/aromatic N) is 1. The van der Waals surface area contributed by atoms with Gasteiger partial charge in [-0.05, 0) is 12.1 Å². The number of hydrogen-bond donors (Lipinski definition) is 2. The molecule has 0 bridgehead atoms. The van der Waals surface area contributed by atoms with Crippen molar-refractivity contribution in [2.45, 2.75) is 0 Å². The van der Waals surface area contributed by atoms with Gasteiger partial charge in [-0.25, -0.2) is 13.2 Å². The summed E-state index contributed by atoms with van der Waals surface area (Å²) in [6.45, 7) is 0. The van der Waals surface area contributed by atoms with Crippen LogP contribution in [-0.4, -0.2) is 4.92 Å². The van der Waals surface area contributed by atoms with Crippen molar-refractivity contribution in [1.29, 1.82) is 0 Å². The van der Waals surface area contributed by atoms with Crippen molar-refractivity contribution in [1.82, 2.24) is 0 Å². The van der Waals surface area contributed by atoms with Gasteiger partial charge in [-0.1, -0.05) is 0 Å². The molecular formula is C12H8F3N3O2. The number of hydrazine groups is 1. The van der Waals surface area contributed by atoms with Crippen LogP contribution in [0.2, 0.25) is 0 Å². The SMILES string of the molecule is O=[N+]([O-])c1ccc(NNc2c(F)cc(F)cc2F)cc1. The highest BCUT2D eigenvalue weighted by Gasteiger charge is 2.11. The van der Waals surface area contributed by atoms with E-state index in [0.29, 0.717) is 17.8 Å². The average molecular weight is 283 g/mol. The van der Waals surface area contributed by atoms with Gasteiger partial charge in [0.2, 0.25) is 0 Å². The molecule has 0 aliphatic rings. The Balaban J connectivity index is 2.11. The summed E-state index contributed by atoms with van der Waals surface area (Å²) in [6, 6.07) is 6.21. The highest BCUT2D eigenvalue weighted by molar-refractivity contribution is 5.55. The van der Waals surface area contributed by atoms with Crippen LogP contribution in [-0.2, 0) is 0 Å². The average Bonchev–Trinajstić information content (AvgIpc) is 2.38. The summed E-state index contributed by atoms with van der Waals surface area (Å²) in [4.78, 5) is 9.87. The molecule has 20 heavy (non-hydrogen) atoms. The molecule has 0 amide bonds. The Morgan fingerprint density at radius 3 is 2.00 bits per heavy atom. The molecule has 0 saturated heterocycles. The van der Waals surface area contributed by atoms with Crippen molar-refractivity contribution >= 4 is 17.1 Å². The maximum Gasteiger partial charge on any atom is 0.269 e. The van der Waals surface area contributed by atoms with Crippen LogP contribution < -0.4 is 10.9 Å². The third kappa shape index (κ3) is 2.97. The molecule has 0 spiro atoms. The van der Waals surface area contributed by atoms with Gasteiger partial charge in [-0.3, -0.25) is 15.5 Å². The summed E-state index contributed by atoms with van der Waals surface area (Å²) in [7, 11) is 0. The lowest BCUT2D eigenvalue weighted by molar-refractivity contribution is -0.384. The molecule has 0 aromatic heterocycles. The highest BCUT2D eigenvalue weighted by atomic mass is 19.1. The smallest absolute Gasteiger partial charge is 0.269 e. The monoisotopic (exact) mass is 283 g/mol. The molecule has 0 saturated carbocycles. The zero-order valence-corrected chi connectivity index (χ0v) is 9.86. The van der Waals surface area contributed by atoms with Gasteiger partial charge in [-0.15, -0.1) is 0 Å². The van der Waals surface area contributed by atoms with E-state index in [9.17, 15) is 23.3 Å². The quantitative estimate of drug-likeness (QED) is 0.666. The molecular weight excluding hydrogens is 275 g/mol. The number of nitrogens with one attached hydrogen (secondary N) is 2. The second-order valence-electron chi connectivity index (χ2n) is 3.80. The van der Waals surface area contributed by atoms with E-state index in [1.807, 2.05) is 0 Å². The van der Waals surface area contributed by atoms with Crippen molar-refractivity contribution in [3.05, 3.63) is 64.0 Å². The molecule has 8 heteroatoms. The van der Waals surface area contributed by atoms with Gasteiger partial charge in [-0.2, -0.15) is 0 Å². The van der Waals surface area contributed by atoms with Crippen LogP contribution in [0.25, 0.3) is 0 Å². The number of nitro benzene ring substituents is 1. The summed E-state index contributed by atoms with van der Waals surface area (Å²) >= 11 is 0. The molecule has 2 aromatic carbocycles. The Kier molecular flexibility index (Phi) is 3.74. The van der Waals surface area contributed by atoms with Gasteiger partial charge in [0.25, 0.3) is 5.69 Å². The molecule has 0 radical (unpaired) electrons. The largest absolute Gasteiger partial charge is 0.301 e. The van der Waals surface area contributed by atoms with Gasteiger partial charge in [0.15, 0.2) is 11.6 Å². The van der Waals surface area contributed by atoms with Crippen LogP contribution in [0.3, 0.4) is 0 Å². The lowest BCUT2D eigenvalue weighted by atomic mass is 10.3. The fraction of sp³-hybridized carbons (Fsp3) is 0. The van der Waals surface area contributed by atoms with Crippen LogP contribution in [0.1, 0.15) is 0 Å². The number of nitro groups is 1. The molecule has 2 rings (SSSR count). The third-order valence-corrected chi connectivity index (χ3v) is 2.42. The Morgan fingerprint density at radius 1 is 0.950 bits per heavy atom. The van der Waals surface area contributed by atoms with E-state index in [-0.39, 0.29) is 5.69 Å². The Hall–Kier alpha value is -2.77. The fourth-order valence-corrected chi connectivity index (χ4v) is 1.46. The van der Waals surface area contributed by atoms with Gasteiger partial charge in [0.05, 0.1) is 10.6 Å². The number of hydrogen-bond acceptors (Lipinski definition) is 4. The van der Waals surface area contributed by atoms with Crippen LogP contribution >= 0.6 is 0 Å². The van der Waals surface area contributed by atoms with Gasteiger partial charge < -0.3 is 5.43 Å². The Labute approximate surface area is 111 Å². The number of rotatable bonds is 4. The lowest BCUT2D eigenvalue weighted by Crippen LogP contribution is -2.12. The molecule has 104 valence electrons. The van der Waals surface area contributed by atoms with Crippen molar-refractivity contribution in [3.63, 3.8) is 0 Å². The molecule has 0 heterocycles. The molecule has 0 unspecified atom stereocenters. The molecule has 0 aliphatic carbocycles. The van der Waals surface area contributed by atoms with E-state index >= 15 is 0 Å². The Bertz CT molecular complexity index is 624. The first-order valence-corrected chi connectivity index (χ1v) is 5.38. The maximum atomic E-state index is 13.3. The van der Waals surface area contributed by atoms with Gasteiger partial charge in [0, 0.05) is 24.3 Å². The van der Waals surface area contributed by atoms with Crippen LogP contribution in [0, 0.1) is 27.6 Å². The van der Waals surface area contributed by atoms with Crippen LogP contribution in [0.4, 0.5) is 30.2 Å². The van der Waals surface area contributed by atoms with Crippen molar-refractivity contribution in [2.75, 3.05) is 10.9 Å². The summed E-state index contributed by atoms with van der Waals surface area (Å²) in [5.74, 6) is -3.23. The summed E-state index contributed by atoms with van der Waals surface area (Å²) in [5.41, 5.74) is 4.37. The van der Waals surface area contributed by atoms with E-state index < -0.39 is 28.1 Å². The van der Waals surface area contributed by atoms with E-state index in [0.717, 1.165) is 0 Å². The van der Waals surface area contributed by atoms with E-state index in [1.165, 1.54) is 24.3 Å². The van der Waals surface area contributed by atoms with Crippen LogP contribution in [0.15, 0.2) is 36.4 Å². The first-order valence-electron chi connectivity index (χ1n) is 5.38. The van der Waals surface area contributed by atoms with Gasteiger partial charge in [0.1, 0.15) is 11.5 Å². The first kappa shape index (κ1) is 13.7. The predicted octanol–water partition coefficient (Wildman–Crippen LogP) is 3.45. The van der Waals surface area contributed by atoms with Crippen molar-refractivity contribution in [3.8, 4) is 0 Å². The van der Waals surface area contributed by atoms with E-state index in [1.54, 1.807) is 0 Å². The lowest BCUT2D eigenvalue weighted by Gasteiger charge is -2.11. The zero-order valence-electron chi connectivity index (χ0n) is 9.86. The first-order chi connectivity index (χ1) is 9.47. The molecule has 2 aromatic rings. The van der Waals surface area contributed by atoms with Gasteiger partial charge >= 0.3 is 0 Å². The summed E-state index contributed by atoms with van der Waals surface area (Å²) < 4.78 is 39.3. The predicted molar refractivity (Wildman–Crippen MR) is 66.7 cm³/mol. The topological polar surface area (TPSA) is 67.2 Å². The maximum absolute atomic E-state index is 13.3. The second-order valence-corrected chi connectivity index (χ2v) is 3.80. The molecule has 5 nitrogen and oxygen atoms in total. The Morgan fingerprint density at radius 2 is 1.50 bits per heavy atom. The summed E-state index contributed by atoms with van der Waals surface area (Å²) in [5, 5.41) is 10.4. The number of non-ortho nitro benzene ring substituents is 1. The molecule has 0 atom stereocenters. The minimum absolute atomic E-state index is 0.116. The second kappa shape index (κ2) is 5.47. The van der Waals surface area contributed by atoms with Crippen molar-refractivity contribution < 1.29 is 18.1 Å². The number of anilines is 2.